The summed E-state index contributed by atoms with van der Waals surface area (Å²) in [6.07, 6.45) is 5.31. The van der Waals surface area contributed by atoms with Gasteiger partial charge in [0.1, 0.15) is 0 Å². The van der Waals surface area contributed by atoms with Crippen molar-refractivity contribution in [3.05, 3.63) is 47.5 Å². The number of hydrogen-bond acceptors (Lipinski definition) is 3. The number of carbonyl (C=O) groups is 1. The molecule has 0 radical (unpaired) electrons. The first kappa shape index (κ1) is 18.5. The minimum absolute atomic E-state index is 0.141. The zero-order valence-electron chi connectivity index (χ0n) is 16.2. The van der Waals surface area contributed by atoms with E-state index in [1.807, 2.05) is 0 Å². The van der Waals surface area contributed by atoms with Crippen molar-refractivity contribution in [1.29, 1.82) is 0 Å². The molecule has 1 atom stereocenters. The molecule has 1 saturated heterocycles. The van der Waals surface area contributed by atoms with E-state index < -0.39 is 0 Å². The molecule has 0 bridgehead atoms. The fraction of sp³-hybridized carbons (Fsp3) is 0.522. The molecule has 1 heterocycles. The smallest absolute Gasteiger partial charge is 0.227 e. The van der Waals surface area contributed by atoms with Gasteiger partial charge in [0.25, 0.3) is 0 Å². The largest absolute Gasteiger partial charge is 0.384 e. The summed E-state index contributed by atoms with van der Waals surface area (Å²) >= 11 is 0. The van der Waals surface area contributed by atoms with Crippen LogP contribution in [0.4, 0.5) is 0 Å². The summed E-state index contributed by atoms with van der Waals surface area (Å²) in [6.45, 7) is 3.31. The number of piperidine rings is 1. The highest BCUT2D eigenvalue weighted by Crippen LogP contribution is 2.32. The molecule has 4 rings (SSSR count). The molecule has 2 aliphatic rings. The molecule has 2 aromatic carbocycles. The summed E-state index contributed by atoms with van der Waals surface area (Å²) in [5, 5.41) is 5.91. The Morgan fingerprint density at radius 3 is 2.81 bits per heavy atom. The average Bonchev–Trinajstić information content (AvgIpc) is 3.55. The van der Waals surface area contributed by atoms with Crippen LogP contribution in [-0.4, -0.2) is 43.7 Å². The Labute approximate surface area is 161 Å². The van der Waals surface area contributed by atoms with Gasteiger partial charge >= 0.3 is 0 Å². The van der Waals surface area contributed by atoms with E-state index in [0.29, 0.717) is 11.9 Å². The quantitative estimate of drug-likeness (QED) is 0.815. The number of amides is 1. The van der Waals surface area contributed by atoms with Crippen LogP contribution in [-0.2, 0) is 22.5 Å². The van der Waals surface area contributed by atoms with Gasteiger partial charge in [-0.1, -0.05) is 36.4 Å². The van der Waals surface area contributed by atoms with Crippen LogP contribution in [0, 0.1) is 5.92 Å². The second-order valence-electron chi connectivity index (χ2n) is 7.96. The molecule has 0 aromatic heterocycles. The van der Waals surface area contributed by atoms with E-state index in [1.165, 1.54) is 21.9 Å². The van der Waals surface area contributed by atoms with E-state index in [0.717, 1.165) is 58.3 Å². The number of fused-ring (bicyclic) bond motifs is 1. The van der Waals surface area contributed by atoms with Crippen LogP contribution in [0.3, 0.4) is 0 Å². The topological polar surface area (TPSA) is 41.6 Å². The van der Waals surface area contributed by atoms with Crippen molar-refractivity contribution >= 4 is 16.7 Å². The Kier molecular flexibility index (Phi) is 5.74. The number of nitrogens with zero attached hydrogens (tertiary/aromatic N) is 1. The maximum atomic E-state index is 13.2. The highest BCUT2D eigenvalue weighted by atomic mass is 16.5. The maximum absolute atomic E-state index is 13.2. The molecule has 1 aliphatic heterocycles. The second kappa shape index (κ2) is 8.41. The molecule has 27 heavy (non-hydrogen) atoms. The molecule has 2 fully saturated rings. The van der Waals surface area contributed by atoms with Crippen LogP contribution in [0.25, 0.3) is 10.8 Å². The Hall–Kier alpha value is -1.91. The van der Waals surface area contributed by atoms with E-state index >= 15 is 0 Å². The van der Waals surface area contributed by atoms with Crippen molar-refractivity contribution in [3.63, 3.8) is 0 Å². The molecular formula is C23H30N2O2. The third kappa shape index (κ3) is 4.33. The number of nitrogens with one attached hydrogen (secondary N) is 1. The third-order valence-corrected chi connectivity index (χ3v) is 5.86. The van der Waals surface area contributed by atoms with E-state index in [2.05, 4.69) is 46.6 Å². The summed E-state index contributed by atoms with van der Waals surface area (Å²) in [7, 11) is 1.74. The third-order valence-electron chi connectivity index (χ3n) is 5.86. The Morgan fingerprint density at radius 2 is 2.07 bits per heavy atom. The zero-order chi connectivity index (χ0) is 18.6. The lowest BCUT2D eigenvalue weighted by atomic mass is 9.96. The molecule has 1 amide bonds. The summed E-state index contributed by atoms with van der Waals surface area (Å²) in [6, 6.07) is 13.5. The Balaban J connectivity index is 1.62. The predicted molar refractivity (Wildman–Crippen MR) is 109 cm³/mol. The Bertz CT molecular complexity index is 794. The van der Waals surface area contributed by atoms with Crippen molar-refractivity contribution in [2.45, 2.75) is 44.7 Å². The molecule has 2 aromatic rings. The SMILES string of the molecule is COCCc1cc(CN(C(=O)[C@@H]2CCCNC2)C2CC2)c2ccccc2c1. The van der Waals surface area contributed by atoms with Gasteiger partial charge in [0.05, 0.1) is 12.5 Å². The summed E-state index contributed by atoms with van der Waals surface area (Å²) < 4.78 is 5.27. The van der Waals surface area contributed by atoms with Crippen LogP contribution in [0.2, 0.25) is 0 Å². The van der Waals surface area contributed by atoms with Crippen molar-refractivity contribution in [3.8, 4) is 0 Å². The lowest BCUT2D eigenvalue weighted by Crippen LogP contribution is -2.43. The first-order chi connectivity index (χ1) is 13.3. The van der Waals surface area contributed by atoms with Crippen molar-refractivity contribution in [2.24, 2.45) is 5.92 Å². The summed E-state index contributed by atoms with van der Waals surface area (Å²) in [5.41, 5.74) is 2.55. The van der Waals surface area contributed by atoms with E-state index in [-0.39, 0.29) is 5.92 Å². The molecule has 0 unspecified atom stereocenters. The Morgan fingerprint density at radius 1 is 1.22 bits per heavy atom. The minimum Gasteiger partial charge on any atom is -0.384 e. The fourth-order valence-electron chi connectivity index (χ4n) is 4.21. The standard InChI is InChI=1S/C23H30N2O2/c1-27-12-10-17-13-18-5-2-3-7-22(18)20(14-17)16-25(21-8-9-21)23(26)19-6-4-11-24-15-19/h2-3,5,7,13-14,19,21,24H,4,6,8-12,15-16H2,1H3/t19-/m1/s1. The number of rotatable bonds is 7. The predicted octanol–water partition coefficient (Wildman–Crippen LogP) is 3.52. The molecular weight excluding hydrogens is 336 g/mol. The first-order valence-electron chi connectivity index (χ1n) is 10.3. The van der Waals surface area contributed by atoms with Gasteiger partial charge in [-0.05, 0) is 60.5 Å². The van der Waals surface area contributed by atoms with Crippen molar-refractivity contribution in [2.75, 3.05) is 26.8 Å². The normalized spacial score (nSPS) is 20.0. The number of methoxy groups -OCH3 is 1. The zero-order valence-corrected chi connectivity index (χ0v) is 16.2. The van der Waals surface area contributed by atoms with Crippen molar-refractivity contribution < 1.29 is 9.53 Å². The van der Waals surface area contributed by atoms with Gasteiger partial charge in [-0.2, -0.15) is 0 Å². The molecule has 1 aliphatic carbocycles. The minimum atomic E-state index is 0.141. The van der Waals surface area contributed by atoms with Crippen LogP contribution in [0.5, 0.6) is 0 Å². The van der Waals surface area contributed by atoms with Gasteiger partial charge in [0.15, 0.2) is 0 Å². The van der Waals surface area contributed by atoms with Crippen LogP contribution in [0.15, 0.2) is 36.4 Å². The first-order valence-corrected chi connectivity index (χ1v) is 10.3. The molecule has 4 nitrogen and oxygen atoms in total. The van der Waals surface area contributed by atoms with Crippen LogP contribution >= 0.6 is 0 Å². The molecule has 144 valence electrons. The molecule has 4 heteroatoms. The highest BCUT2D eigenvalue weighted by molar-refractivity contribution is 5.87. The van der Waals surface area contributed by atoms with E-state index in [1.54, 1.807) is 7.11 Å². The maximum Gasteiger partial charge on any atom is 0.227 e. The summed E-state index contributed by atoms with van der Waals surface area (Å²) in [4.78, 5) is 15.4. The fourth-order valence-corrected chi connectivity index (χ4v) is 4.21. The van der Waals surface area contributed by atoms with Gasteiger partial charge in [-0.15, -0.1) is 0 Å². The van der Waals surface area contributed by atoms with Crippen molar-refractivity contribution in [1.82, 2.24) is 10.2 Å². The van der Waals surface area contributed by atoms with Gasteiger partial charge in [-0.25, -0.2) is 0 Å². The molecule has 1 N–H and O–H groups in total. The second-order valence-corrected chi connectivity index (χ2v) is 7.96. The number of ether oxygens (including phenoxy) is 1. The molecule has 0 spiro atoms. The van der Waals surface area contributed by atoms with E-state index in [4.69, 9.17) is 4.74 Å². The number of hydrogen-bond donors (Lipinski definition) is 1. The van der Waals surface area contributed by atoms with Gasteiger partial charge in [0.2, 0.25) is 5.91 Å². The summed E-state index contributed by atoms with van der Waals surface area (Å²) in [5.74, 6) is 0.485. The van der Waals surface area contributed by atoms with Crippen LogP contribution < -0.4 is 5.32 Å². The molecule has 1 saturated carbocycles. The van der Waals surface area contributed by atoms with Gasteiger partial charge in [0, 0.05) is 26.2 Å². The monoisotopic (exact) mass is 366 g/mol. The van der Waals surface area contributed by atoms with Gasteiger partial charge in [-0.3, -0.25) is 4.79 Å². The van der Waals surface area contributed by atoms with E-state index in [9.17, 15) is 4.79 Å². The number of carbonyl (C=O) groups excluding carboxylic acids is 1. The highest BCUT2D eigenvalue weighted by Gasteiger charge is 2.36. The number of benzene rings is 2. The average molecular weight is 367 g/mol. The van der Waals surface area contributed by atoms with Crippen LogP contribution in [0.1, 0.15) is 36.8 Å². The lowest BCUT2D eigenvalue weighted by Gasteiger charge is -2.30. The van der Waals surface area contributed by atoms with Gasteiger partial charge < -0.3 is 15.0 Å². The lowest BCUT2D eigenvalue weighted by molar-refractivity contribution is -0.137.